The van der Waals surface area contributed by atoms with E-state index in [1.54, 1.807) is 0 Å². The monoisotopic (exact) mass is 228 g/mol. The molecule has 0 saturated carbocycles. The second kappa shape index (κ2) is 4.69. The Bertz CT molecular complexity index is 384. The van der Waals surface area contributed by atoms with E-state index in [0.717, 1.165) is 12.1 Å². The lowest BCUT2D eigenvalue weighted by Gasteiger charge is -2.11. The molecule has 0 aliphatic rings. The van der Waals surface area contributed by atoms with Crippen molar-refractivity contribution in [1.29, 1.82) is 0 Å². The molecule has 0 aliphatic heterocycles. The van der Waals surface area contributed by atoms with Crippen LogP contribution in [0, 0.1) is 0 Å². The zero-order chi connectivity index (χ0) is 12.3. The lowest BCUT2D eigenvalue weighted by Crippen LogP contribution is -2.34. The summed E-state index contributed by atoms with van der Waals surface area (Å²) in [6.07, 6.45) is -0.967. The van der Waals surface area contributed by atoms with Crippen molar-refractivity contribution in [3.8, 4) is 17.2 Å². The first-order valence-electron chi connectivity index (χ1n) is 4.37. The molecule has 7 heteroatoms. The van der Waals surface area contributed by atoms with Crippen LogP contribution < -0.4 is 11.5 Å². The second-order valence-electron chi connectivity index (χ2n) is 3.04. The summed E-state index contributed by atoms with van der Waals surface area (Å²) in [5.41, 5.74) is 10.3. The van der Waals surface area contributed by atoms with Crippen LogP contribution in [0.3, 0.4) is 0 Å². The number of carbonyl (C=O) groups is 1. The average molecular weight is 228 g/mol. The number of esters is 1. The van der Waals surface area contributed by atoms with Crippen LogP contribution in [0.4, 0.5) is 0 Å². The molecule has 0 spiro atoms. The third-order valence-electron chi connectivity index (χ3n) is 1.80. The van der Waals surface area contributed by atoms with E-state index in [0.29, 0.717) is 0 Å². The fourth-order valence-corrected chi connectivity index (χ4v) is 0.976. The first-order valence-corrected chi connectivity index (χ1v) is 4.37. The van der Waals surface area contributed by atoms with E-state index in [1.807, 2.05) is 0 Å². The average Bonchev–Trinajstić information content (AvgIpc) is 2.24. The molecule has 1 unspecified atom stereocenters. The number of nitrogens with two attached hydrogens (primary N) is 2. The molecule has 16 heavy (non-hydrogen) atoms. The molecular weight excluding hydrogens is 216 g/mol. The van der Waals surface area contributed by atoms with Gasteiger partial charge in [0.25, 0.3) is 0 Å². The van der Waals surface area contributed by atoms with Gasteiger partial charge in [-0.15, -0.1) is 0 Å². The van der Waals surface area contributed by atoms with Gasteiger partial charge in [-0.05, 0) is 12.1 Å². The van der Waals surface area contributed by atoms with Crippen molar-refractivity contribution in [2.75, 3.05) is 6.54 Å². The van der Waals surface area contributed by atoms with Crippen molar-refractivity contribution in [1.82, 2.24) is 0 Å². The van der Waals surface area contributed by atoms with Crippen molar-refractivity contribution < 1.29 is 24.9 Å². The summed E-state index contributed by atoms with van der Waals surface area (Å²) < 4.78 is 4.65. The fourth-order valence-electron chi connectivity index (χ4n) is 0.976. The predicted octanol–water partition coefficient (Wildman–Crippen LogP) is -0.796. The Hall–Kier alpha value is -1.99. The van der Waals surface area contributed by atoms with Gasteiger partial charge in [-0.2, -0.15) is 0 Å². The number of hydrogen-bond acceptors (Lipinski definition) is 7. The summed E-state index contributed by atoms with van der Waals surface area (Å²) in [5.74, 6) is -2.83. The van der Waals surface area contributed by atoms with Crippen molar-refractivity contribution >= 4 is 5.97 Å². The van der Waals surface area contributed by atoms with Crippen molar-refractivity contribution in [3.05, 3.63) is 17.7 Å². The summed E-state index contributed by atoms with van der Waals surface area (Å²) in [5, 5.41) is 27.3. The molecule has 0 aliphatic carbocycles. The van der Waals surface area contributed by atoms with Crippen molar-refractivity contribution in [2.45, 2.75) is 6.23 Å². The maximum Gasteiger partial charge on any atom is 0.340 e. The number of phenolic OH excluding ortho intramolecular Hbond substituents is 3. The number of hydrogen-bond donors (Lipinski definition) is 5. The van der Waals surface area contributed by atoms with Crippen LogP contribution in [0.5, 0.6) is 17.2 Å². The van der Waals surface area contributed by atoms with Gasteiger partial charge in [0.2, 0.25) is 0 Å². The summed E-state index contributed by atoms with van der Waals surface area (Å²) in [4.78, 5) is 11.4. The lowest BCUT2D eigenvalue weighted by atomic mass is 10.2. The Labute approximate surface area is 90.9 Å². The molecule has 7 N–H and O–H groups in total. The van der Waals surface area contributed by atoms with E-state index in [9.17, 15) is 4.79 Å². The van der Waals surface area contributed by atoms with Crippen LogP contribution in [-0.4, -0.2) is 34.1 Å². The fraction of sp³-hybridized carbons (Fsp3) is 0.222. The van der Waals surface area contributed by atoms with Gasteiger partial charge >= 0.3 is 5.97 Å². The number of aromatic hydroxyl groups is 3. The molecule has 0 fully saturated rings. The highest BCUT2D eigenvalue weighted by Crippen LogP contribution is 2.35. The largest absolute Gasteiger partial charge is 0.504 e. The Balaban J connectivity index is 2.93. The standard InChI is InChI=1S/C9H12N2O5/c10-3-7(11)16-9(15)4-1-5(12)8(14)6(13)2-4/h1-2,7,12-14H,3,10-11H2. The van der Waals surface area contributed by atoms with Gasteiger partial charge in [0.15, 0.2) is 23.5 Å². The predicted molar refractivity (Wildman–Crippen MR) is 53.9 cm³/mol. The van der Waals surface area contributed by atoms with E-state index < -0.39 is 29.4 Å². The van der Waals surface area contributed by atoms with Gasteiger partial charge < -0.3 is 25.8 Å². The minimum absolute atomic E-state index is 0.0538. The number of carbonyl (C=O) groups excluding carboxylic acids is 1. The molecule has 1 atom stereocenters. The molecule has 0 saturated heterocycles. The van der Waals surface area contributed by atoms with Crippen LogP contribution in [0.1, 0.15) is 10.4 Å². The van der Waals surface area contributed by atoms with Gasteiger partial charge in [0, 0.05) is 6.54 Å². The van der Waals surface area contributed by atoms with Gasteiger partial charge in [-0.25, -0.2) is 4.79 Å². The zero-order valence-electron chi connectivity index (χ0n) is 8.25. The van der Waals surface area contributed by atoms with E-state index in [2.05, 4.69) is 4.74 Å². The molecule has 0 amide bonds. The first-order chi connectivity index (χ1) is 7.45. The van der Waals surface area contributed by atoms with Gasteiger partial charge in [-0.1, -0.05) is 0 Å². The van der Waals surface area contributed by atoms with Crippen LogP contribution in [0.15, 0.2) is 12.1 Å². The Kier molecular flexibility index (Phi) is 3.54. The number of ether oxygens (including phenoxy) is 1. The van der Waals surface area contributed by atoms with Crippen molar-refractivity contribution in [2.24, 2.45) is 11.5 Å². The summed E-state index contributed by atoms with van der Waals surface area (Å²) in [6.45, 7) is -0.0538. The molecular formula is C9H12N2O5. The Morgan fingerprint density at radius 1 is 1.31 bits per heavy atom. The number of phenols is 3. The van der Waals surface area contributed by atoms with Gasteiger partial charge in [-0.3, -0.25) is 5.73 Å². The van der Waals surface area contributed by atoms with E-state index in [-0.39, 0.29) is 12.1 Å². The Morgan fingerprint density at radius 2 is 1.81 bits per heavy atom. The quantitative estimate of drug-likeness (QED) is 0.259. The third-order valence-corrected chi connectivity index (χ3v) is 1.80. The molecule has 1 rings (SSSR count). The molecule has 0 aromatic heterocycles. The summed E-state index contributed by atoms with van der Waals surface area (Å²) in [7, 11) is 0. The zero-order valence-corrected chi connectivity index (χ0v) is 8.25. The van der Waals surface area contributed by atoms with Gasteiger partial charge in [0.1, 0.15) is 0 Å². The molecule has 0 bridgehead atoms. The van der Waals surface area contributed by atoms with Crippen LogP contribution in [-0.2, 0) is 4.74 Å². The SMILES string of the molecule is NCC(N)OC(=O)c1cc(O)c(O)c(O)c1. The topological polar surface area (TPSA) is 139 Å². The number of rotatable bonds is 3. The van der Waals surface area contributed by atoms with Crippen molar-refractivity contribution in [3.63, 3.8) is 0 Å². The highest BCUT2D eigenvalue weighted by Gasteiger charge is 2.16. The van der Waals surface area contributed by atoms with Crippen LogP contribution in [0.25, 0.3) is 0 Å². The molecule has 0 radical (unpaired) electrons. The van der Waals surface area contributed by atoms with Crippen LogP contribution in [0.2, 0.25) is 0 Å². The molecule has 0 heterocycles. The summed E-state index contributed by atoms with van der Waals surface area (Å²) >= 11 is 0. The third kappa shape index (κ3) is 2.53. The molecule has 7 nitrogen and oxygen atoms in total. The molecule has 1 aromatic rings. The minimum Gasteiger partial charge on any atom is -0.504 e. The second-order valence-corrected chi connectivity index (χ2v) is 3.04. The highest BCUT2D eigenvalue weighted by atomic mass is 16.6. The molecule has 88 valence electrons. The van der Waals surface area contributed by atoms with Crippen LogP contribution >= 0.6 is 0 Å². The lowest BCUT2D eigenvalue weighted by molar-refractivity contribution is 0.0333. The maximum atomic E-state index is 11.4. The van der Waals surface area contributed by atoms with Gasteiger partial charge in [0.05, 0.1) is 5.56 Å². The Morgan fingerprint density at radius 3 is 2.25 bits per heavy atom. The molecule has 1 aromatic carbocycles. The summed E-state index contributed by atoms with van der Waals surface area (Å²) in [6, 6.07) is 1.89. The number of benzene rings is 1. The minimum atomic E-state index is -0.967. The highest BCUT2D eigenvalue weighted by molar-refractivity contribution is 5.91. The van der Waals surface area contributed by atoms with E-state index in [1.165, 1.54) is 0 Å². The van der Waals surface area contributed by atoms with E-state index >= 15 is 0 Å². The van der Waals surface area contributed by atoms with E-state index in [4.69, 9.17) is 26.8 Å². The maximum absolute atomic E-state index is 11.4. The normalized spacial score (nSPS) is 12.1. The smallest absolute Gasteiger partial charge is 0.340 e. The first kappa shape index (κ1) is 12.1.